The van der Waals surface area contributed by atoms with Gasteiger partial charge in [-0.1, -0.05) is 6.07 Å². The molecule has 3 N–H and O–H groups in total. The van der Waals surface area contributed by atoms with E-state index in [-0.39, 0.29) is 6.04 Å². The highest BCUT2D eigenvalue weighted by atomic mass is 32.1. The van der Waals surface area contributed by atoms with E-state index in [1.54, 1.807) is 31.4 Å². The lowest BCUT2D eigenvalue weighted by Crippen LogP contribution is -2.49. The molecule has 0 spiro atoms. The first-order valence-electron chi connectivity index (χ1n) is 4.95. The number of hydrogen-bond donors (Lipinski definition) is 3. The summed E-state index contributed by atoms with van der Waals surface area (Å²) >= 11 is 1.24. The Hall–Kier alpha value is -1.89. The Morgan fingerprint density at radius 3 is 2.41 bits per heavy atom. The minimum atomic E-state index is -0.899. The van der Waals surface area contributed by atoms with Crippen molar-refractivity contribution in [3.05, 3.63) is 22.4 Å². The van der Waals surface area contributed by atoms with Crippen molar-refractivity contribution in [1.29, 1.82) is 0 Å². The molecule has 0 radical (unpaired) electrons. The van der Waals surface area contributed by atoms with Gasteiger partial charge in [-0.05, 0) is 25.3 Å². The average Bonchev–Trinajstić information content (AvgIpc) is 2.77. The van der Waals surface area contributed by atoms with Crippen LogP contribution in [0.25, 0.3) is 0 Å². The second-order valence-corrected chi connectivity index (χ2v) is 4.46. The average molecular weight is 255 g/mol. The molecule has 0 bridgehead atoms. The van der Waals surface area contributed by atoms with E-state index >= 15 is 0 Å². The van der Waals surface area contributed by atoms with Crippen molar-refractivity contribution in [2.24, 2.45) is 0 Å². The summed E-state index contributed by atoms with van der Waals surface area (Å²) in [5, 5.41) is 4.14. The van der Waals surface area contributed by atoms with Crippen LogP contribution in [-0.4, -0.2) is 23.8 Å². The summed E-state index contributed by atoms with van der Waals surface area (Å²) in [7, 11) is 0. The van der Waals surface area contributed by atoms with E-state index in [0.29, 0.717) is 4.88 Å². The Balaban J connectivity index is 2.38. The van der Waals surface area contributed by atoms with Gasteiger partial charge >= 0.3 is 11.8 Å². The van der Waals surface area contributed by atoms with Gasteiger partial charge in [0.2, 0.25) is 0 Å². The molecule has 17 heavy (non-hydrogen) atoms. The highest BCUT2D eigenvalue weighted by Crippen LogP contribution is 2.06. The second kappa shape index (κ2) is 6.00. The first-order chi connectivity index (χ1) is 8.00. The maximum Gasteiger partial charge on any atom is 0.327 e. The van der Waals surface area contributed by atoms with Gasteiger partial charge in [0, 0.05) is 6.04 Å². The molecule has 0 unspecified atom stereocenters. The van der Waals surface area contributed by atoms with Crippen LogP contribution < -0.4 is 16.2 Å². The zero-order chi connectivity index (χ0) is 12.8. The fourth-order valence-electron chi connectivity index (χ4n) is 0.967. The highest BCUT2D eigenvalue weighted by molar-refractivity contribution is 7.12. The molecule has 1 aromatic rings. The lowest BCUT2D eigenvalue weighted by Gasteiger charge is -2.08. The molecule has 0 aromatic carbocycles. The van der Waals surface area contributed by atoms with Gasteiger partial charge in [-0.15, -0.1) is 11.3 Å². The van der Waals surface area contributed by atoms with Gasteiger partial charge in [0.25, 0.3) is 5.91 Å². The Morgan fingerprint density at radius 1 is 1.18 bits per heavy atom. The number of carbonyl (C=O) groups is 3. The fraction of sp³-hybridized carbons (Fsp3) is 0.300. The van der Waals surface area contributed by atoms with Crippen molar-refractivity contribution in [1.82, 2.24) is 16.2 Å². The molecule has 1 heterocycles. The van der Waals surface area contributed by atoms with E-state index < -0.39 is 17.7 Å². The Bertz CT molecular complexity index is 414. The van der Waals surface area contributed by atoms with E-state index in [2.05, 4.69) is 10.7 Å². The maximum atomic E-state index is 11.4. The summed E-state index contributed by atoms with van der Waals surface area (Å²) in [5.41, 5.74) is 4.18. The fourth-order valence-corrected chi connectivity index (χ4v) is 1.59. The van der Waals surface area contributed by atoms with Gasteiger partial charge in [0.15, 0.2) is 0 Å². The number of nitrogens with one attached hydrogen (secondary N) is 3. The SMILES string of the molecule is CC(C)NC(=O)C(=O)NNC(=O)c1cccs1. The summed E-state index contributed by atoms with van der Waals surface area (Å²) < 4.78 is 0. The molecule has 0 fully saturated rings. The van der Waals surface area contributed by atoms with Crippen LogP contribution in [0.4, 0.5) is 0 Å². The minimum Gasteiger partial charge on any atom is -0.346 e. The smallest absolute Gasteiger partial charge is 0.327 e. The third kappa shape index (κ3) is 4.23. The second-order valence-electron chi connectivity index (χ2n) is 3.51. The van der Waals surface area contributed by atoms with Gasteiger partial charge in [-0.2, -0.15) is 0 Å². The first-order valence-corrected chi connectivity index (χ1v) is 5.83. The summed E-state index contributed by atoms with van der Waals surface area (Å²) in [4.78, 5) is 34.3. The van der Waals surface area contributed by atoms with Crippen molar-refractivity contribution in [3.63, 3.8) is 0 Å². The third-order valence-corrected chi connectivity index (χ3v) is 2.53. The number of amides is 3. The van der Waals surface area contributed by atoms with Crippen molar-refractivity contribution < 1.29 is 14.4 Å². The summed E-state index contributed by atoms with van der Waals surface area (Å²) in [5.74, 6) is -2.14. The Labute approximate surface area is 102 Å². The lowest BCUT2D eigenvalue weighted by molar-refractivity contribution is -0.139. The monoisotopic (exact) mass is 255 g/mol. The summed E-state index contributed by atoms with van der Waals surface area (Å²) in [6.45, 7) is 3.46. The molecule has 1 aromatic heterocycles. The number of carbonyl (C=O) groups excluding carboxylic acids is 3. The van der Waals surface area contributed by atoms with Crippen molar-refractivity contribution in [2.45, 2.75) is 19.9 Å². The quantitative estimate of drug-likeness (QED) is 0.515. The predicted molar refractivity (Wildman–Crippen MR) is 63.2 cm³/mol. The summed E-state index contributed by atoms with van der Waals surface area (Å²) in [6, 6.07) is 3.19. The van der Waals surface area contributed by atoms with E-state index in [1.165, 1.54) is 11.3 Å². The van der Waals surface area contributed by atoms with Crippen LogP contribution in [-0.2, 0) is 9.59 Å². The van der Waals surface area contributed by atoms with E-state index in [9.17, 15) is 14.4 Å². The molecule has 0 saturated heterocycles. The van der Waals surface area contributed by atoms with Crippen molar-refractivity contribution >= 4 is 29.1 Å². The zero-order valence-electron chi connectivity index (χ0n) is 9.44. The number of hydrogen-bond acceptors (Lipinski definition) is 4. The number of hydrazine groups is 1. The zero-order valence-corrected chi connectivity index (χ0v) is 10.3. The van der Waals surface area contributed by atoms with E-state index in [4.69, 9.17) is 0 Å². The van der Waals surface area contributed by atoms with Crippen molar-refractivity contribution in [2.75, 3.05) is 0 Å². The molecule has 92 valence electrons. The lowest BCUT2D eigenvalue weighted by atomic mass is 10.4. The Kier molecular flexibility index (Phi) is 4.65. The van der Waals surface area contributed by atoms with Crippen LogP contribution in [0.3, 0.4) is 0 Å². The van der Waals surface area contributed by atoms with Gasteiger partial charge < -0.3 is 5.32 Å². The molecular weight excluding hydrogens is 242 g/mol. The number of thiophene rings is 1. The van der Waals surface area contributed by atoms with Crippen LogP contribution >= 0.6 is 11.3 Å². The van der Waals surface area contributed by atoms with Crippen LogP contribution in [0.5, 0.6) is 0 Å². The van der Waals surface area contributed by atoms with Gasteiger partial charge in [-0.25, -0.2) is 0 Å². The van der Waals surface area contributed by atoms with Crippen LogP contribution in [0, 0.1) is 0 Å². The third-order valence-electron chi connectivity index (χ3n) is 1.66. The maximum absolute atomic E-state index is 11.4. The van der Waals surface area contributed by atoms with Gasteiger partial charge in [-0.3, -0.25) is 25.2 Å². The normalized spacial score (nSPS) is 9.82. The molecule has 6 nitrogen and oxygen atoms in total. The standard InChI is InChI=1S/C10H13N3O3S/c1-6(2)11-9(15)10(16)13-12-8(14)7-4-3-5-17-7/h3-6H,1-2H3,(H,11,15)(H,12,14)(H,13,16). The largest absolute Gasteiger partial charge is 0.346 e. The summed E-state index contributed by atoms with van der Waals surface area (Å²) in [6.07, 6.45) is 0. The molecule has 3 amide bonds. The molecule has 7 heteroatoms. The molecule has 0 aliphatic carbocycles. The van der Waals surface area contributed by atoms with Crippen LogP contribution in [0.2, 0.25) is 0 Å². The molecule has 0 aliphatic heterocycles. The predicted octanol–water partition coefficient (Wildman–Crippen LogP) is 0.0337. The molecule has 1 rings (SSSR count). The van der Waals surface area contributed by atoms with Crippen LogP contribution in [0.15, 0.2) is 17.5 Å². The first kappa shape index (κ1) is 13.2. The molecule has 0 atom stereocenters. The molecular formula is C10H13N3O3S. The minimum absolute atomic E-state index is 0.138. The highest BCUT2D eigenvalue weighted by Gasteiger charge is 2.15. The van der Waals surface area contributed by atoms with Crippen LogP contribution in [0.1, 0.15) is 23.5 Å². The van der Waals surface area contributed by atoms with E-state index in [1.807, 2.05) is 5.43 Å². The molecule has 0 aliphatic rings. The van der Waals surface area contributed by atoms with E-state index in [0.717, 1.165) is 0 Å². The van der Waals surface area contributed by atoms with Crippen molar-refractivity contribution in [3.8, 4) is 0 Å². The van der Waals surface area contributed by atoms with Gasteiger partial charge in [0.05, 0.1) is 4.88 Å². The van der Waals surface area contributed by atoms with Gasteiger partial charge in [0.1, 0.15) is 0 Å². The number of rotatable bonds is 2. The topological polar surface area (TPSA) is 87.3 Å². The Morgan fingerprint density at radius 2 is 1.88 bits per heavy atom. The molecule has 0 saturated carbocycles.